The molecule has 0 unspecified atom stereocenters. The Morgan fingerprint density at radius 2 is 1.71 bits per heavy atom. The molecule has 0 bridgehead atoms. The summed E-state index contributed by atoms with van der Waals surface area (Å²) in [5.74, 6) is 1.16. The van der Waals surface area contributed by atoms with Crippen LogP contribution in [0.4, 0.5) is 0 Å². The van der Waals surface area contributed by atoms with Crippen molar-refractivity contribution in [1.82, 2.24) is 4.90 Å². The van der Waals surface area contributed by atoms with Crippen LogP contribution in [0.3, 0.4) is 0 Å². The highest BCUT2D eigenvalue weighted by atomic mass is 16.4. The Kier molecular flexibility index (Phi) is 6.96. The summed E-state index contributed by atoms with van der Waals surface area (Å²) in [4.78, 5) is 13.4. The predicted molar refractivity (Wildman–Crippen MR) is 84.6 cm³/mol. The van der Waals surface area contributed by atoms with Gasteiger partial charge in [0.25, 0.3) is 0 Å². The number of aromatic carboxylic acids is 1. The van der Waals surface area contributed by atoms with E-state index < -0.39 is 5.97 Å². The molecule has 0 saturated carbocycles. The molecule has 0 spiro atoms. The van der Waals surface area contributed by atoms with Crippen LogP contribution in [0.15, 0.2) is 10.5 Å². The molecular formula is C17H29NO3. The largest absolute Gasteiger partial charge is 0.475 e. The van der Waals surface area contributed by atoms with Gasteiger partial charge in [-0.05, 0) is 50.8 Å². The van der Waals surface area contributed by atoms with E-state index in [1.54, 1.807) is 6.92 Å². The zero-order valence-electron chi connectivity index (χ0n) is 14.0. The van der Waals surface area contributed by atoms with Crippen molar-refractivity contribution in [1.29, 1.82) is 0 Å². The maximum atomic E-state index is 11.0. The second-order valence-electron chi connectivity index (χ2n) is 6.67. The van der Waals surface area contributed by atoms with E-state index in [1.807, 2.05) is 6.07 Å². The first kappa shape index (κ1) is 17.8. The molecule has 1 aromatic heterocycles. The number of rotatable bonds is 9. The number of carboxylic acid groups (broad SMARTS) is 1. The molecule has 1 rings (SSSR count). The van der Waals surface area contributed by atoms with Gasteiger partial charge >= 0.3 is 5.97 Å². The molecule has 0 aliphatic heterocycles. The molecule has 0 saturated heterocycles. The first-order chi connectivity index (χ1) is 9.79. The number of hydrogen-bond donors (Lipinski definition) is 1. The molecule has 4 nitrogen and oxygen atoms in total. The molecule has 0 amide bonds. The van der Waals surface area contributed by atoms with E-state index in [0.717, 1.165) is 31.7 Å². The third-order valence-corrected chi connectivity index (χ3v) is 3.59. The average Bonchev–Trinajstić information content (AvgIpc) is 2.73. The topological polar surface area (TPSA) is 53.7 Å². The van der Waals surface area contributed by atoms with Gasteiger partial charge in [0.15, 0.2) is 0 Å². The lowest BCUT2D eigenvalue weighted by Crippen LogP contribution is -2.27. The summed E-state index contributed by atoms with van der Waals surface area (Å²) in [5.41, 5.74) is 0.699. The Labute approximate surface area is 128 Å². The van der Waals surface area contributed by atoms with Crippen LogP contribution in [0.1, 0.15) is 62.4 Å². The highest BCUT2D eigenvalue weighted by Crippen LogP contribution is 2.17. The monoisotopic (exact) mass is 295 g/mol. The minimum Gasteiger partial charge on any atom is -0.475 e. The van der Waals surface area contributed by atoms with Gasteiger partial charge in [0, 0.05) is 5.56 Å². The van der Waals surface area contributed by atoms with Gasteiger partial charge in [0.2, 0.25) is 5.76 Å². The summed E-state index contributed by atoms with van der Waals surface area (Å²) in [5, 5.41) is 9.06. The Morgan fingerprint density at radius 1 is 1.19 bits per heavy atom. The van der Waals surface area contributed by atoms with Crippen molar-refractivity contribution in [3.05, 3.63) is 23.2 Å². The lowest BCUT2D eigenvalue weighted by atomic mass is 10.1. The number of carbonyl (C=O) groups is 1. The fourth-order valence-corrected chi connectivity index (χ4v) is 2.21. The quantitative estimate of drug-likeness (QED) is 0.742. The van der Waals surface area contributed by atoms with Gasteiger partial charge < -0.3 is 9.52 Å². The van der Waals surface area contributed by atoms with Crippen molar-refractivity contribution in [3.63, 3.8) is 0 Å². The van der Waals surface area contributed by atoms with Gasteiger partial charge in [-0.2, -0.15) is 0 Å². The second kappa shape index (κ2) is 8.23. The molecular weight excluding hydrogens is 266 g/mol. The summed E-state index contributed by atoms with van der Waals surface area (Å²) in [6, 6.07) is 1.85. The zero-order chi connectivity index (χ0) is 16.0. The van der Waals surface area contributed by atoms with Crippen LogP contribution in [0.5, 0.6) is 0 Å². The van der Waals surface area contributed by atoms with E-state index in [2.05, 4.69) is 32.6 Å². The van der Waals surface area contributed by atoms with Crippen molar-refractivity contribution < 1.29 is 14.3 Å². The normalized spacial score (nSPS) is 11.8. The lowest BCUT2D eigenvalue weighted by molar-refractivity contribution is 0.0657. The van der Waals surface area contributed by atoms with E-state index in [-0.39, 0.29) is 5.76 Å². The maximum absolute atomic E-state index is 11.0. The highest BCUT2D eigenvalue weighted by molar-refractivity contribution is 5.86. The van der Waals surface area contributed by atoms with E-state index in [4.69, 9.17) is 9.52 Å². The number of nitrogens with zero attached hydrogens (tertiary/aromatic N) is 1. The van der Waals surface area contributed by atoms with Crippen LogP contribution in [0, 0.1) is 18.8 Å². The summed E-state index contributed by atoms with van der Waals surface area (Å²) in [7, 11) is 0. The smallest absolute Gasteiger partial charge is 0.372 e. The number of furan rings is 1. The van der Waals surface area contributed by atoms with Crippen LogP contribution in [-0.2, 0) is 6.54 Å². The predicted octanol–water partition coefficient (Wildman–Crippen LogP) is 4.18. The average molecular weight is 295 g/mol. The molecule has 0 radical (unpaired) electrons. The molecule has 1 heterocycles. The molecule has 1 N–H and O–H groups in total. The fraction of sp³-hybridized carbons (Fsp3) is 0.706. The molecule has 0 aromatic carbocycles. The molecule has 120 valence electrons. The molecule has 0 atom stereocenters. The maximum Gasteiger partial charge on any atom is 0.372 e. The molecule has 21 heavy (non-hydrogen) atoms. The molecule has 4 heteroatoms. The van der Waals surface area contributed by atoms with Crippen molar-refractivity contribution in [2.75, 3.05) is 13.1 Å². The molecule has 1 aromatic rings. The summed E-state index contributed by atoms with van der Waals surface area (Å²) >= 11 is 0. The van der Waals surface area contributed by atoms with Gasteiger partial charge in [-0.15, -0.1) is 0 Å². The van der Waals surface area contributed by atoms with Gasteiger partial charge in [-0.3, -0.25) is 4.90 Å². The van der Waals surface area contributed by atoms with Crippen molar-refractivity contribution >= 4 is 5.97 Å². The van der Waals surface area contributed by atoms with Crippen LogP contribution in [0.2, 0.25) is 0 Å². The van der Waals surface area contributed by atoms with Gasteiger partial charge in [-0.25, -0.2) is 4.79 Å². The van der Waals surface area contributed by atoms with Crippen LogP contribution >= 0.6 is 0 Å². The number of hydrogen-bond acceptors (Lipinski definition) is 3. The van der Waals surface area contributed by atoms with Crippen molar-refractivity contribution in [3.8, 4) is 0 Å². The minimum atomic E-state index is -0.991. The summed E-state index contributed by atoms with van der Waals surface area (Å²) in [6.07, 6.45) is 2.28. The van der Waals surface area contributed by atoms with E-state index in [0.29, 0.717) is 23.9 Å². The van der Waals surface area contributed by atoms with Crippen molar-refractivity contribution in [2.24, 2.45) is 11.8 Å². The Bertz CT molecular complexity index is 437. The van der Waals surface area contributed by atoms with E-state index in [9.17, 15) is 4.79 Å². The Morgan fingerprint density at radius 3 is 2.10 bits per heavy atom. The highest BCUT2D eigenvalue weighted by Gasteiger charge is 2.16. The first-order valence-electron chi connectivity index (χ1n) is 7.84. The van der Waals surface area contributed by atoms with E-state index in [1.165, 1.54) is 0 Å². The molecule has 0 aliphatic carbocycles. The second-order valence-corrected chi connectivity index (χ2v) is 6.67. The SMILES string of the molecule is Cc1cc(CN(CCC(C)C)CCC(C)C)oc1C(=O)O. The molecule has 0 fully saturated rings. The third kappa shape index (κ3) is 6.34. The fourth-order valence-electron chi connectivity index (χ4n) is 2.21. The Hall–Kier alpha value is -1.29. The number of aryl methyl sites for hydroxylation is 1. The Balaban J connectivity index is 2.69. The van der Waals surface area contributed by atoms with Crippen LogP contribution in [-0.4, -0.2) is 29.1 Å². The van der Waals surface area contributed by atoms with Crippen molar-refractivity contribution in [2.45, 2.75) is 54.0 Å². The van der Waals surface area contributed by atoms with Gasteiger partial charge in [0.1, 0.15) is 5.76 Å². The van der Waals surface area contributed by atoms with Crippen LogP contribution in [0.25, 0.3) is 0 Å². The summed E-state index contributed by atoms with van der Waals surface area (Å²) < 4.78 is 5.48. The van der Waals surface area contributed by atoms with Crippen LogP contribution < -0.4 is 0 Å². The van der Waals surface area contributed by atoms with E-state index >= 15 is 0 Å². The zero-order valence-corrected chi connectivity index (χ0v) is 14.0. The minimum absolute atomic E-state index is 0.0673. The first-order valence-corrected chi connectivity index (χ1v) is 7.84. The molecule has 0 aliphatic rings. The lowest BCUT2D eigenvalue weighted by Gasteiger charge is -2.23. The third-order valence-electron chi connectivity index (χ3n) is 3.59. The van der Waals surface area contributed by atoms with Gasteiger partial charge in [-0.1, -0.05) is 27.7 Å². The standard InChI is InChI=1S/C17H29NO3/c1-12(2)6-8-18(9-7-13(3)4)11-15-10-14(5)16(21-15)17(19)20/h10,12-13H,6-9,11H2,1-5H3,(H,19,20). The number of carboxylic acids is 1. The summed E-state index contributed by atoms with van der Waals surface area (Å²) in [6.45, 7) is 13.4. The van der Waals surface area contributed by atoms with Gasteiger partial charge in [0.05, 0.1) is 6.54 Å².